The quantitative estimate of drug-likeness (QED) is 0.735. The van der Waals surface area contributed by atoms with Crippen molar-refractivity contribution in [3.63, 3.8) is 0 Å². The minimum atomic E-state index is 0.539. The van der Waals surface area contributed by atoms with E-state index in [1.54, 1.807) is 26.4 Å². The van der Waals surface area contributed by atoms with Gasteiger partial charge in [0.25, 0.3) is 0 Å². The second-order valence-electron chi connectivity index (χ2n) is 4.03. The van der Waals surface area contributed by atoms with Crippen LogP contribution in [0.3, 0.4) is 0 Å². The summed E-state index contributed by atoms with van der Waals surface area (Å²) < 4.78 is 10.5. The van der Waals surface area contributed by atoms with Gasteiger partial charge in [0.05, 0.1) is 31.3 Å². The molecule has 0 aliphatic carbocycles. The second-order valence-corrected chi connectivity index (χ2v) is 4.03. The summed E-state index contributed by atoms with van der Waals surface area (Å²) in [7, 11) is 3.22. The summed E-state index contributed by atoms with van der Waals surface area (Å²) >= 11 is 0. The number of nitrogen functional groups attached to an aromatic ring is 2. The fourth-order valence-corrected chi connectivity index (χ4v) is 1.71. The van der Waals surface area contributed by atoms with Gasteiger partial charge in [-0.3, -0.25) is 0 Å². The van der Waals surface area contributed by atoms with E-state index < -0.39 is 0 Å². The van der Waals surface area contributed by atoms with Gasteiger partial charge < -0.3 is 26.3 Å². The third-order valence-electron chi connectivity index (χ3n) is 2.77. The van der Waals surface area contributed by atoms with E-state index in [9.17, 15) is 0 Å². The number of rotatable bonds is 4. The Kier molecular flexibility index (Phi) is 3.66. The van der Waals surface area contributed by atoms with Gasteiger partial charge >= 0.3 is 0 Å². The minimum absolute atomic E-state index is 0.539. The number of nitrogens with two attached hydrogens (primary N) is 2. The van der Waals surface area contributed by atoms with Crippen molar-refractivity contribution in [1.29, 1.82) is 0 Å². The fourth-order valence-electron chi connectivity index (χ4n) is 1.71. The number of anilines is 4. The van der Waals surface area contributed by atoms with Gasteiger partial charge in [-0.2, -0.15) is 0 Å². The Balaban J connectivity index is 2.29. The number of methoxy groups -OCH3 is 2. The Morgan fingerprint density at radius 3 is 2.32 bits per heavy atom. The topological polar surface area (TPSA) is 82.5 Å². The first kappa shape index (κ1) is 12.9. The van der Waals surface area contributed by atoms with Crippen LogP contribution in [-0.2, 0) is 0 Å². The van der Waals surface area contributed by atoms with Crippen LogP contribution in [0.15, 0.2) is 36.4 Å². The Bertz CT molecular complexity index is 585. The molecule has 2 aromatic rings. The van der Waals surface area contributed by atoms with Gasteiger partial charge in [0.2, 0.25) is 0 Å². The first-order valence-corrected chi connectivity index (χ1v) is 5.78. The summed E-state index contributed by atoms with van der Waals surface area (Å²) in [6, 6.07) is 10.9. The number of benzene rings is 2. The Morgan fingerprint density at radius 1 is 0.895 bits per heavy atom. The van der Waals surface area contributed by atoms with Crippen molar-refractivity contribution in [2.24, 2.45) is 0 Å². The lowest BCUT2D eigenvalue weighted by Gasteiger charge is -2.13. The molecule has 2 aromatic carbocycles. The van der Waals surface area contributed by atoms with Crippen LogP contribution >= 0.6 is 0 Å². The van der Waals surface area contributed by atoms with Gasteiger partial charge in [0.1, 0.15) is 11.5 Å². The molecule has 0 bridgehead atoms. The maximum Gasteiger partial charge on any atom is 0.145 e. The molecule has 0 saturated carbocycles. The maximum absolute atomic E-state index is 5.77. The van der Waals surface area contributed by atoms with Gasteiger partial charge in [-0.05, 0) is 30.3 Å². The third kappa shape index (κ3) is 2.82. The number of ether oxygens (including phenoxy) is 2. The first-order chi connectivity index (χ1) is 9.13. The standard InChI is InChI=1S/C14H17N3O2/c1-18-10-4-6-13(14(8-10)19-2)17-9-3-5-11(15)12(16)7-9/h3-8,17H,15-16H2,1-2H3. The van der Waals surface area contributed by atoms with Crippen molar-refractivity contribution >= 4 is 22.7 Å². The molecule has 0 unspecified atom stereocenters. The zero-order valence-corrected chi connectivity index (χ0v) is 10.9. The van der Waals surface area contributed by atoms with Crippen LogP contribution < -0.4 is 26.3 Å². The molecular formula is C14H17N3O2. The molecule has 0 atom stereocenters. The predicted molar refractivity (Wildman–Crippen MR) is 78.1 cm³/mol. The van der Waals surface area contributed by atoms with E-state index in [4.69, 9.17) is 20.9 Å². The highest BCUT2D eigenvalue weighted by atomic mass is 16.5. The van der Waals surface area contributed by atoms with E-state index in [1.807, 2.05) is 24.3 Å². The summed E-state index contributed by atoms with van der Waals surface area (Å²) in [5, 5.41) is 3.23. The highest BCUT2D eigenvalue weighted by Crippen LogP contribution is 2.32. The first-order valence-electron chi connectivity index (χ1n) is 5.78. The largest absolute Gasteiger partial charge is 0.497 e. The fraction of sp³-hybridized carbons (Fsp3) is 0.143. The molecule has 19 heavy (non-hydrogen) atoms. The van der Waals surface area contributed by atoms with Crippen molar-refractivity contribution in [3.8, 4) is 11.5 Å². The molecule has 5 heteroatoms. The Hall–Kier alpha value is -2.56. The zero-order valence-electron chi connectivity index (χ0n) is 10.9. The highest BCUT2D eigenvalue weighted by molar-refractivity contribution is 5.74. The molecule has 0 saturated heterocycles. The van der Waals surface area contributed by atoms with Crippen LogP contribution in [0.5, 0.6) is 11.5 Å². The molecule has 0 amide bonds. The number of hydrogen-bond donors (Lipinski definition) is 3. The molecule has 5 nitrogen and oxygen atoms in total. The SMILES string of the molecule is COc1ccc(Nc2ccc(N)c(N)c2)c(OC)c1. The minimum Gasteiger partial charge on any atom is -0.497 e. The van der Waals surface area contributed by atoms with Crippen molar-refractivity contribution in [2.45, 2.75) is 0 Å². The summed E-state index contributed by atoms with van der Waals surface area (Å²) in [5.41, 5.74) is 14.2. The van der Waals surface area contributed by atoms with Gasteiger partial charge in [-0.25, -0.2) is 0 Å². The number of hydrogen-bond acceptors (Lipinski definition) is 5. The molecule has 0 aliphatic rings. The average Bonchev–Trinajstić information content (AvgIpc) is 2.43. The lowest BCUT2D eigenvalue weighted by Crippen LogP contribution is -1.98. The van der Waals surface area contributed by atoms with Crippen LogP contribution in [0.4, 0.5) is 22.7 Å². The molecule has 5 N–H and O–H groups in total. The Labute approximate surface area is 112 Å². The molecule has 100 valence electrons. The third-order valence-corrected chi connectivity index (χ3v) is 2.77. The molecule has 2 rings (SSSR count). The van der Waals surface area contributed by atoms with E-state index in [0.29, 0.717) is 17.1 Å². The Morgan fingerprint density at radius 2 is 1.68 bits per heavy atom. The van der Waals surface area contributed by atoms with E-state index >= 15 is 0 Å². The molecular weight excluding hydrogens is 242 g/mol. The molecule has 0 aromatic heterocycles. The number of nitrogens with one attached hydrogen (secondary N) is 1. The normalized spacial score (nSPS) is 10.0. The van der Waals surface area contributed by atoms with Crippen LogP contribution in [0.25, 0.3) is 0 Å². The smallest absolute Gasteiger partial charge is 0.145 e. The van der Waals surface area contributed by atoms with E-state index in [0.717, 1.165) is 17.1 Å². The van der Waals surface area contributed by atoms with Gasteiger partial charge in [-0.15, -0.1) is 0 Å². The van der Waals surface area contributed by atoms with Gasteiger partial charge in [0.15, 0.2) is 0 Å². The molecule has 0 spiro atoms. The van der Waals surface area contributed by atoms with E-state index in [-0.39, 0.29) is 0 Å². The predicted octanol–water partition coefficient (Wildman–Crippen LogP) is 2.61. The molecule has 0 fully saturated rings. The maximum atomic E-state index is 5.77. The van der Waals surface area contributed by atoms with Crippen LogP contribution in [0.1, 0.15) is 0 Å². The second kappa shape index (κ2) is 5.39. The average molecular weight is 259 g/mol. The van der Waals surface area contributed by atoms with E-state index in [1.165, 1.54) is 0 Å². The van der Waals surface area contributed by atoms with Crippen molar-refractivity contribution in [3.05, 3.63) is 36.4 Å². The molecule has 0 aliphatic heterocycles. The lowest BCUT2D eigenvalue weighted by molar-refractivity contribution is 0.395. The van der Waals surface area contributed by atoms with Crippen molar-refractivity contribution < 1.29 is 9.47 Å². The van der Waals surface area contributed by atoms with Crippen LogP contribution in [-0.4, -0.2) is 14.2 Å². The summed E-state index contributed by atoms with van der Waals surface area (Å²) in [6.45, 7) is 0. The lowest BCUT2D eigenvalue weighted by atomic mass is 10.2. The zero-order chi connectivity index (χ0) is 13.8. The monoisotopic (exact) mass is 259 g/mol. The van der Waals surface area contributed by atoms with Gasteiger partial charge in [0, 0.05) is 11.8 Å². The summed E-state index contributed by atoms with van der Waals surface area (Å²) in [6.07, 6.45) is 0. The molecule has 0 heterocycles. The molecule has 0 radical (unpaired) electrons. The van der Waals surface area contributed by atoms with Crippen molar-refractivity contribution in [2.75, 3.05) is 31.0 Å². The van der Waals surface area contributed by atoms with E-state index in [2.05, 4.69) is 5.32 Å². The summed E-state index contributed by atoms with van der Waals surface area (Å²) in [4.78, 5) is 0. The van der Waals surface area contributed by atoms with Crippen molar-refractivity contribution in [1.82, 2.24) is 0 Å². The van der Waals surface area contributed by atoms with Gasteiger partial charge in [-0.1, -0.05) is 0 Å². The van der Waals surface area contributed by atoms with Crippen LogP contribution in [0, 0.1) is 0 Å². The highest BCUT2D eigenvalue weighted by Gasteiger charge is 2.06. The van der Waals surface area contributed by atoms with Crippen LogP contribution in [0.2, 0.25) is 0 Å². The summed E-state index contributed by atoms with van der Waals surface area (Å²) in [5.74, 6) is 1.42.